The van der Waals surface area contributed by atoms with Crippen LogP contribution in [-0.2, 0) is 11.3 Å². The first-order valence-electron chi connectivity index (χ1n) is 12.8. The molecule has 1 amide bonds. The van der Waals surface area contributed by atoms with Crippen molar-refractivity contribution in [3.63, 3.8) is 0 Å². The average molecular weight is 485 g/mol. The third-order valence-corrected chi connectivity index (χ3v) is 6.93. The standard InChI is InChI=1S/C28H37FN2O4/c29-25-7-1-2-8-26(25)35-22-28(33)14-5-16-30(19-15-28)21-23-10-12-24(13-11-23)34-20-6-18-31-17-4-3-9-27(31)32/h1-2,7-8,10-13,33H,3-6,9,14-22H2. The van der Waals surface area contributed by atoms with Gasteiger partial charge in [-0.3, -0.25) is 9.69 Å². The van der Waals surface area contributed by atoms with Crippen molar-refractivity contribution in [2.45, 2.75) is 57.1 Å². The molecule has 6 nitrogen and oxygen atoms in total. The number of para-hydroxylation sites is 1. The zero-order chi connectivity index (χ0) is 24.5. The third-order valence-electron chi connectivity index (χ3n) is 6.93. The zero-order valence-corrected chi connectivity index (χ0v) is 20.5. The summed E-state index contributed by atoms with van der Waals surface area (Å²) in [5.74, 6) is 0.889. The molecule has 0 bridgehead atoms. The summed E-state index contributed by atoms with van der Waals surface area (Å²) in [7, 11) is 0. The van der Waals surface area contributed by atoms with Crippen LogP contribution in [0, 0.1) is 5.82 Å². The number of hydrogen-bond donors (Lipinski definition) is 1. The molecule has 0 radical (unpaired) electrons. The maximum Gasteiger partial charge on any atom is 0.222 e. The third kappa shape index (κ3) is 7.67. The van der Waals surface area contributed by atoms with Crippen molar-refractivity contribution in [3.8, 4) is 11.5 Å². The van der Waals surface area contributed by atoms with Crippen molar-refractivity contribution < 1.29 is 23.8 Å². The smallest absolute Gasteiger partial charge is 0.222 e. The van der Waals surface area contributed by atoms with E-state index in [1.54, 1.807) is 18.2 Å². The van der Waals surface area contributed by atoms with E-state index in [2.05, 4.69) is 17.0 Å². The van der Waals surface area contributed by atoms with Crippen LogP contribution in [0.15, 0.2) is 48.5 Å². The topological polar surface area (TPSA) is 62.2 Å². The first-order valence-corrected chi connectivity index (χ1v) is 12.8. The van der Waals surface area contributed by atoms with Gasteiger partial charge in [-0.1, -0.05) is 24.3 Å². The molecule has 2 aromatic carbocycles. The number of amides is 1. The van der Waals surface area contributed by atoms with Crippen LogP contribution in [0.4, 0.5) is 4.39 Å². The minimum atomic E-state index is -0.951. The Morgan fingerprint density at radius 1 is 0.943 bits per heavy atom. The molecule has 2 aliphatic rings. The van der Waals surface area contributed by atoms with E-state index in [0.29, 0.717) is 25.9 Å². The zero-order valence-electron chi connectivity index (χ0n) is 20.5. The van der Waals surface area contributed by atoms with Gasteiger partial charge in [-0.25, -0.2) is 4.39 Å². The average Bonchev–Trinajstić information content (AvgIpc) is 3.05. The molecule has 190 valence electrons. The summed E-state index contributed by atoms with van der Waals surface area (Å²) >= 11 is 0. The number of aliphatic hydroxyl groups is 1. The molecule has 2 fully saturated rings. The Labute approximate surface area is 207 Å². The minimum Gasteiger partial charge on any atom is -0.494 e. The number of carbonyl (C=O) groups excluding carboxylic acids is 1. The molecule has 4 rings (SSSR count). The molecule has 1 atom stereocenters. The highest BCUT2D eigenvalue weighted by molar-refractivity contribution is 5.76. The highest BCUT2D eigenvalue weighted by Gasteiger charge is 2.31. The Morgan fingerprint density at radius 2 is 1.77 bits per heavy atom. The van der Waals surface area contributed by atoms with Gasteiger partial charge in [-0.05, 0) is 74.9 Å². The van der Waals surface area contributed by atoms with Crippen LogP contribution in [0.1, 0.15) is 50.5 Å². The van der Waals surface area contributed by atoms with E-state index < -0.39 is 11.4 Å². The van der Waals surface area contributed by atoms with Crippen LogP contribution < -0.4 is 9.47 Å². The van der Waals surface area contributed by atoms with Crippen molar-refractivity contribution in [3.05, 3.63) is 59.9 Å². The Bertz CT molecular complexity index is 954. The number of carbonyl (C=O) groups is 1. The number of likely N-dealkylation sites (tertiary alicyclic amines) is 2. The normalized spacial score (nSPS) is 21.5. The highest BCUT2D eigenvalue weighted by Crippen LogP contribution is 2.26. The van der Waals surface area contributed by atoms with Gasteiger partial charge in [0.25, 0.3) is 0 Å². The van der Waals surface area contributed by atoms with E-state index >= 15 is 0 Å². The van der Waals surface area contributed by atoms with Gasteiger partial charge < -0.3 is 19.5 Å². The molecule has 0 spiro atoms. The summed E-state index contributed by atoms with van der Waals surface area (Å²) in [5.41, 5.74) is 0.248. The Hall–Kier alpha value is -2.64. The van der Waals surface area contributed by atoms with E-state index in [9.17, 15) is 14.3 Å². The second-order valence-corrected chi connectivity index (χ2v) is 9.76. The van der Waals surface area contributed by atoms with Crippen molar-refractivity contribution in [2.24, 2.45) is 0 Å². The van der Waals surface area contributed by atoms with Crippen molar-refractivity contribution in [1.82, 2.24) is 9.80 Å². The van der Waals surface area contributed by atoms with Gasteiger partial charge in [0.2, 0.25) is 5.91 Å². The molecule has 1 N–H and O–H groups in total. The lowest BCUT2D eigenvalue weighted by atomic mass is 9.96. The van der Waals surface area contributed by atoms with Crippen molar-refractivity contribution >= 4 is 5.91 Å². The largest absolute Gasteiger partial charge is 0.494 e. The van der Waals surface area contributed by atoms with Gasteiger partial charge in [-0.15, -0.1) is 0 Å². The number of halogens is 1. The SMILES string of the molecule is O=C1CCCCN1CCCOc1ccc(CN2CCCC(O)(COc3ccccc3F)CC2)cc1. The minimum absolute atomic E-state index is 0.0970. The molecule has 2 aliphatic heterocycles. The molecule has 2 saturated heterocycles. The van der Waals surface area contributed by atoms with Gasteiger partial charge in [0.15, 0.2) is 11.6 Å². The van der Waals surface area contributed by atoms with Crippen molar-refractivity contribution in [2.75, 3.05) is 39.4 Å². The van der Waals surface area contributed by atoms with E-state index in [1.165, 1.54) is 11.6 Å². The molecule has 0 aromatic heterocycles. The Balaban J connectivity index is 1.18. The van der Waals surface area contributed by atoms with Crippen molar-refractivity contribution in [1.29, 1.82) is 0 Å². The van der Waals surface area contributed by atoms with E-state index in [-0.39, 0.29) is 18.3 Å². The lowest BCUT2D eigenvalue weighted by Gasteiger charge is -2.27. The van der Waals surface area contributed by atoms with Gasteiger partial charge in [0.05, 0.1) is 12.2 Å². The summed E-state index contributed by atoms with van der Waals surface area (Å²) < 4.78 is 25.3. The number of hydrogen-bond acceptors (Lipinski definition) is 5. The maximum atomic E-state index is 13.8. The molecule has 1 unspecified atom stereocenters. The second kappa shape index (κ2) is 12.4. The highest BCUT2D eigenvalue weighted by atomic mass is 19.1. The van der Waals surface area contributed by atoms with Gasteiger partial charge in [0, 0.05) is 32.6 Å². The summed E-state index contributed by atoms with van der Waals surface area (Å²) in [6.07, 6.45) is 5.71. The van der Waals surface area contributed by atoms with Crippen LogP contribution in [0.3, 0.4) is 0 Å². The summed E-state index contributed by atoms with van der Waals surface area (Å²) in [6, 6.07) is 14.5. The number of nitrogens with zero attached hydrogens (tertiary/aromatic N) is 2. The second-order valence-electron chi connectivity index (χ2n) is 9.76. The summed E-state index contributed by atoms with van der Waals surface area (Å²) in [4.78, 5) is 16.2. The predicted octanol–water partition coefficient (Wildman–Crippen LogP) is 4.40. The van der Waals surface area contributed by atoms with E-state index in [4.69, 9.17) is 9.47 Å². The monoisotopic (exact) mass is 484 g/mol. The summed E-state index contributed by atoms with van der Waals surface area (Å²) in [6.45, 7) is 4.80. The predicted molar refractivity (Wildman–Crippen MR) is 133 cm³/mol. The summed E-state index contributed by atoms with van der Waals surface area (Å²) in [5, 5.41) is 11.0. The lowest BCUT2D eigenvalue weighted by molar-refractivity contribution is -0.133. The van der Waals surface area contributed by atoms with Gasteiger partial charge in [-0.2, -0.15) is 0 Å². The van der Waals surface area contributed by atoms with Crippen LogP contribution in [0.5, 0.6) is 11.5 Å². The first kappa shape index (κ1) is 25.5. The fourth-order valence-corrected chi connectivity index (χ4v) is 4.80. The Morgan fingerprint density at radius 3 is 2.57 bits per heavy atom. The van der Waals surface area contributed by atoms with Gasteiger partial charge >= 0.3 is 0 Å². The molecular formula is C28H37FN2O4. The lowest BCUT2D eigenvalue weighted by Crippen LogP contribution is -2.37. The van der Waals surface area contributed by atoms with Gasteiger partial charge in [0.1, 0.15) is 12.4 Å². The van der Waals surface area contributed by atoms with Crippen LogP contribution >= 0.6 is 0 Å². The first-order chi connectivity index (χ1) is 17.0. The number of rotatable bonds is 10. The number of ether oxygens (including phenoxy) is 2. The Kier molecular flexibility index (Phi) is 8.99. The molecule has 35 heavy (non-hydrogen) atoms. The molecule has 0 aliphatic carbocycles. The quantitative estimate of drug-likeness (QED) is 0.507. The van der Waals surface area contributed by atoms with E-state index in [1.807, 2.05) is 17.0 Å². The molecule has 2 aromatic rings. The molecule has 2 heterocycles. The molecule has 7 heteroatoms. The van der Waals surface area contributed by atoms with Crippen LogP contribution in [0.2, 0.25) is 0 Å². The van der Waals surface area contributed by atoms with Crippen LogP contribution in [-0.4, -0.2) is 65.8 Å². The van der Waals surface area contributed by atoms with E-state index in [0.717, 1.165) is 64.2 Å². The number of benzene rings is 2. The fraction of sp³-hybridized carbons (Fsp3) is 0.536. The molecular weight excluding hydrogens is 447 g/mol. The maximum absolute atomic E-state index is 13.8. The fourth-order valence-electron chi connectivity index (χ4n) is 4.80. The number of piperidine rings is 1. The van der Waals surface area contributed by atoms with Crippen LogP contribution in [0.25, 0.3) is 0 Å². The molecule has 0 saturated carbocycles.